The molecule has 2 N–H and O–H groups in total. The van der Waals surface area contributed by atoms with Crippen molar-refractivity contribution in [2.75, 3.05) is 5.32 Å². The van der Waals surface area contributed by atoms with Gasteiger partial charge in [0.2, 0.25) is 0 Å². The van der Waals surface area contributed by atoms with E-state index in [0.29, 0.717) is 22.6 Å². The Labute approximate surface area is 144 Å². The molecule has 1 amide bonds. The van der Waals surface area contributed by atoms with E-state index in [1.807, 2.05) is 18.2 Å². The zero-order valence-electron chi connectivity index (χ0n) is 13.3. The molecule has 2 bridgehead atoms. The van der Waals surface area contributed by atoms with Crippen molar-refractivity contribution < 1.29 is 9.90 Å². The first-order valence-electron chi connectivity index (χ1n) is 8.30. The van der Waals surface area contributed by atoms with Gasteiger partial charge in [0.1, 0.15) is 5.00 Å². The zero-order chi connectivity index (χ0) is 16.5. The third-order valence-corrected chi connectivity index (χ3v) is 5.59. The number of aliphatic hydroxyl groups excluding tert-OH is 1. The topological polar surface area (TPSA) is 78.4 Å². The summed E-state index contributed by atoms with van der Waals surface area (Å²) in [6.45, 7) is 0.839. The van der Waals surface area contributed by atoms with E-state index < -0.39 is 0 Å². The van der Waals surface area contributed by atoms with Crippen molar-refractivity contribution in [3.8, 4) is 0 Å². The Balaban J connectivity index is 1.46. The number of benzene rings is 1. The Hall–Kier alpha value is -1.83. The molecule has 4 rings (SSSR count). The van der Waals surface area contributed by atoms with Crippen LogP contribution in [0.15, 0.2) is 30.5 Å². The number of hydrogen-bond acceptors (Lipinski definition) is 6. The van der Waals surface area contributed by atoms with E-state index in [9.17, 15) is 9.90 Å². The van der Waals surface area contributed by atoms with Crippen molar-refractivity contribution in [2.24, 2.45) is 0 Å². The van der Waals surface area contributed by atoms with Gasteiger partial charge in [-0.2, -0.15) is 0 Å². The number of nitrogens with one attached hydrogen (secondary N) is 1. The summed E-state index contributed by atoms with van der Waals surface area (Å²) in [6.07, 6.45) is 5.47. The second-order valence-corrected chi connectivity index (χ2v) is 7.40. The molecular formula is C17H20N4O2S. The predicted molar refractivity (Wildman–Crippen MR) is 91.9 cm³/mol. The van der Waals surface area contributed by atoms with E-state index in [2.05, 4.69) is 25.9 Å². The highest BCUT2D eigenvalue weighted by Crippen LogP contribution is 2.36. The second-order valence-electron chi connectivity index (χ2n) is 6.62. The number of amides is 1. The third-order valence-electron chi connectivity index (χ3n) is 5.01. The molecule has 0 spiro atoms. The SMILES string of the molecule is O=C(Nc1cnns1)c1cccc(CN2[C@@H]3CC[C@H]2CC(O)C3)c1. The first-order valence-corrected chi connectivity index (χ1v) is 9.08. The quantitative estimate of drug-likeness (QED) is 0.890. The lowest BCUT2D eigenvalue weighted by atomic mass is 9.98. The van der Waals surface area contributed by atoms with Gasteiger partial charge in [-0.25, -0.2) is 0 Å². The fourth-order valence-electron chi connectivity index (χ4n) is 3.93. The minimum absolute atomic E-state index is 0.139. The first-order chi connectivity index (χ1) is 11.7. The van der Waals surface area contributed by atoms with Gasteiger partial charge in [0, 0.05) is 35.7 Å². The largest absolute Gasteiger partial charge is 0.393 e. The highest BCUT2D eigenvalue weighted by molar-refractivity contribution is 7.10. The van der Waals surface area contributed by atoms with Crippen molar-refractivity contribution in [3.63, 3.8) is 0 Å². The smallest absolute Gasteiger partial charge is 0.256 e. The fraction of sp³-hybridized carbons (Fsp3) is 0.471. The maximum Gasteiger partial charge on any atom is 0.256 e. The van der Waals surface area contributed by atoms with Crippen LogP contribution >= 0.6 is 11.5 Å². The van der Waals surface area contributed by atoms with Gasteiger partial charge in [0.15, 0.2) is 0 Å². The minimum atomic E-state index is -0.149. The maximum absolute atomic E-state index is 12.3. The molecule has 1 aromatic carbocycles. The summed E-state index contributed by atoms with van der Waals surface area (Å²) in [4.78, 5) is 14.8. The summed E-state index contributed by atoms with van der Waals surface area (Å²) >= 11 is 1.16. The Morgan fingerprint density at radius 1 is 1.33 bits per heavy atom. The molecule has 2 aliphatic heterocycles. The number of carbonyl (C=O) groups excluding carboxylic acids is 1. The van der Waals surface area contributed by atoms with Crippen LogP contribution in [-0.4, -0.2) is 43.7 Å². The zero-order valence-corrected chi connectivity index (χ0v) is 14.1. The van der Waals surface area contributed by atoms with E-state index in [-0.39, 0.29) is 12.0 Å². The van der Waals surface area contributed by atoms with Gasteiger partial charge < -0.3 is 10.4 Å². The summed E-state index contributed by atoms with van der Waals surface area (Å²) in [5.41, 5.74) is 1.78. The molecule has 2 saturated heterocycles. The minimum Gasteiger partial charge on any atom is -0.393 e. The van der Waals surface area contributed by atoms with Gasteiger partial charge >= 0.3 is 0 Å². The number of anilines is 1. The van der Waals surface area contributed by atoms with E-state index in [1.165, 1.54) is 12.8 Å². The standard InChI is InChI=1S/C17H20N4O2S/c22-15-7-13-4-5-14(8-15)21(13)10-11-2-1-3-12(6-11)17(23)19-16-9-18-20-24-16/h1-3,6,9,13-15,22H,4-5,7-8,10H2,(H,19,23)/t13-,14+,15?. The molecule has 0 aliphatic carbocycles. The van der Waals surface area contributed by atoms with E-state index >= 15 is 0 Å². The van der Waals surface area contributed by atoms with Crippen molar-refractivity contribution in [1.82, 2.24) is 14.5 Å². The molecule has 3 heterocycles. The molecule has 0 radical (unpaired) electrons. The van der Waals surface area contributed by atoms with Gasteiger partial charge in [-0.15, -0.1) is 5.10 Å². The van der Waals surface area contributed by atoms with Crippen molar-refractivity contribution in [3.05, 3.63) is 41.6 Å². The second kappa shape index (κ2) is 6.58. The van der Waals surface area contributed by atoms with Crippen LogP contribution in [0.25, 0.3) is 0 Å². The van der Waals surface area contributed by atoms with Crippen LogP contribution in [-0.2, 0) is 6.54 Å². The number of rotatable bonds is 4. The molecule has 126 valence electrons. The van der Waals surface area contributed by atoms with Crippen LogP contribution in [0.3, 0.4) is 0 Å². The third kappa shape index (κ3) is 3.19. The number of aliphatic hydroxyl groups is 1. The molecule has 6 nitrogen and oxygen atoms in total. The van der Waals surface area contributed by atoms with Gasteiger partial charge in [-0.1, -0.05) is 16.6 Å². The molecule has 1 unspecified atom stereocenters. The number of fused-ring (bicyclic) bond motifs is 2. The molecule has 2 fully saturated rings. The highest BCUT2D eigenvalue weighted by atomic mass is 32.1. The van der Waals surface area contributed by atoms with Crippen molar-refractivity contribution in [1.29, 1.82) is 0 Å². The van der Waals surface area contributed by atoms with E-state index in [0.717, 1.165) is 36.5 Å². The number of hydrogen-bond donors (Lipinski definition) is 2. The summed E-state index contributed by atoms with van der Waals surface area (Å²) in [5, 5.41) is 17.1. The number of carbonyl (C=O) groups is 1. The van der Waals surface area contributed by atoms with Gasteiger partial charge in [-0.05, 0) is 43.4 Å². The Morgan fingerprint density at radius 3 is 2.83 bits per heavy atom. The average Bonchev–Trinajstić information content (AvgIpc) is 3.15. The molecule has 1 aromatic heterocycles. The lowest BCUT2D eigenvalue weighted by Gasteiger charge is -2.37. The molecule has 0 saturated carbocycles. The molecule has 2 aromatic rings. The summed E-state index contributed by atoms with van der Waals surface area (Å²) in [6, 6.07) is 8.71. The van der Waals surface area contributed by atoms with Crippen LogP contribution in [0.2, 0.25) is 0 Å². The van der Waals surface area contributed by atoms with Gasteiger partial charge in [-0.3, -0.25) is 9.69 Å². The van der Waals surface area contributed by atoms with Gasteiger partial charge in [0.25, 0.3) is 5.91 Å². The molecule has 3 atom stereocenters. The van der Waals surface area contributed by atoms with Crippen molar-refractivity contribution in [2.45, 2.75) is 50.4 Å². The monoisotopic (exact) mass is 344 g/mol. The molecule has 7 heteroatoms. The van der Waals surface area contributed by atoms with Crippen molar-refractivity contribution >= 4 is 22.4 Å². The number of aromatic nitrogens is 2. The summed E-state index contributed by atoms with van der Waals surface area (Å²) in [7, 11) is 0. The van der Waals surface area contributed by atoms with Gasteiger partial charge in [0.05, 0.1) is 12.3 Å². The Morgan fingerprint density at radius 2 is 2.12 bits per heavy atom. The van der Waals surface area contributed by atoms with Crippen LogP contribution in [0, 0.1) is 0 Å². The van der Waals surface area contributed by atoms with Crippen LogP contribution in [0.5, 0.6) is 0 Å². The summed E-state index contributed by atoms with van der Waals surface area (Å²) in [5.74, 6) is -0.139. The van der Waals surface area contributed by atoms with Crippen LogP contribution in [0.1, 0.15) is 41.6 Å². The number of nitrogens with zero attached hydrogens (tertiary/aromatic N) is 3. The van der Waals surface area contributed by atoms with Crippen LogP contribution < -0.4 is 5.32 Å². The van der Waals surface area contributed by atoms with E-state index in [4.69, 9.17) is 0 Å². The molecular weight excluding hydrogens is 324 g/mol. The Kier molecular flexibility index (Phi) is 4.30. The molecule has 24 heavy (non-hydrogen) atoms. The first kappa shape index (κ1) is 15.7. The summed E-state index contributed by atoms with van der Waals surface area (Å²) < 4.78 is 3.74. The maximum atomic E-state index is 12.3. The normalized spacial score (nSPS) is 26.5. The lowest BCUT2D eigenvalue weighted by Crippen LogP contribution is -2.44. The van der Waals surface area contributed by atoms with Crippen LogP contribution in [0.4, 0.5) is 5.00 Å². The fourth-order valence-corrected chi connectivity index (χ4v) is 4.35. The highest BCUT2D eigenvalue weighted by Gasteiger charge is 2.39. The predicted octanol–water partition coefficient (Wildman–Crippen LogP) is 2.28. The Bertz CT molecular complexity index is 707. The average molecular weight is 344 g/mol. The number of piperidine rings is 1. The van der Waals surface area contributed by atoms with E-state index in [1.54, 1.807) is 6.20 Å². The lowest BCUT2D eigenvalue weighted by molar-refractivity contribution is 0.0310. The molecule has 2 aliphatic rings.